The summed E-state index contributed by atoms with van der Waals surface area (Å²) in [5.74, 6) is 0. The minimum Gasteiger partial charge on any atom is -0.312 e. The standard InChI is InChI=1S/C13H18Cl2N2/c1-9-8-17(6-5-16-9)10(2)11-3-4-12(14)13(15)7-11/h3-4,7,9-10,16H,5-6,8H2,1-2H3. The highest BCUT2D eigenvalue weighted by Crippen LogP contribution is 2.28. The lowest BCUT2D eigenvalue weighted by Gasteiger charge is -2.36. The van der Waals surface area contributed by atoms with E-state index in [9.17, 15) is 0 Å². The Balaban J connectivity index is 2.12. The van der Waals surface area contributed by atoms with Crippen molar-refractivity contribution >= 4 is 23.2 Å². The van der Waals surface area contributed by atoms with E-state index in [0.29, 0.717) is 22.1 Å². The molecule has 4 heteroatoms. The molecule has 1 aliphatic heterocycles. The monoisotopic (exact) mass is 272 g/mol. The largest absolute Gasteiger partial charge is 0.312 e. The van der Waals surface area contributed by atoms with E-state index >= 15 is 0 Å². The molecule has 1 heterocycles. The topological polar surface area (TPSA) is 15.3 Å². The normalized spacial score (nSPS) is 23.6. The maximum absolute atomic E-state index is 6.06. The Hall–Kier alpha value is -0.280. The summed E-state index contributed by atoms with van der Waals surface area (Å²) in [7, 11) is 0. The van der Waals surface area contributed by atoms with Gasteiger partial charge in [0.25, 0.3) is 0 Å². The molecule has 17 heavy (non-hydrogen) atoms. The summed E-state index contributed by atoms with van der Waals surface area (Å²) in [5, 5.41) is 4.71. The Labute approximate surface area is 113 Å². The molecule has 2 nitrogen and oxygen atoms in total. The highest BCUT2D eigenvalue weighted by Gasteiger charge is 2.21. The zero-order chi connectivity index (χ0) is 12.4. The van der Waals surface area contributed by atoms with Crippen molar-refractivity contribution in [1.29, 1.82) is 0 Å². The van der Waals surface area contributed by atoms with Crippen LogP contribution >= 0.6 is 23.2 Å². The fourth-order valence-corrected chi connectivity index (χ4v) is 2.60. The van der Waals surface area contributed by atoms with Gasteiger partial charge < -0.3 is 5.32 Å². The Morgan fingerprint density at radius 3 is 2.76 bits per heavy atom. The average Bonchev–Trinajstić information content (AvgIpc) is 2.32. The first-order chi connectivity index (χ1) is 8.08. The van der Waals surface area contributed by atoms with Gasteiger partial charge in [0.2, 0.25) is 0 Å². The summed E-state index contributed by atoms with van der Waals surface area (Å²) in [5.41, 5.74) is 1.23. The molecule has 1 aromatic carbocycles. The van der Waals surface area contributed by atoms with Crippen molar-refractivity contribution in [3.63, 3.8) is 0 Å². The smallest absolute Gasteiger partial charge is 0.0595 e. The summed E-state index contributed by atoms with van der Waals surface area (Å²) in [6.45, 7) is 7.63. The van der Waals surface area contributed by atoms with Crippen molar-refractivity contribution in [2.75, 3.05) is 19.6 Å². The predicted molar refractivity (Wildman–Crippen MR) is 73.9 cm³/mol. The van der Waals surface area contributed by atoms with Gasteiger partial charge in [0.15, 0.2) is 0 Å². The third-order valence-corrected chi connectivity index (χ3v) is 4.11. The first-order valence-corrected chi connectivity index (χ1v) is 6.76. The Morgan fingerprint density at radius 1 is 1.35 bits per heavy atom. The lowest BCUT2D eigenvalue weighted by atomic mass is 10.1. The van der Waals surface area contributed by atoms with Crippen LogP contribution in [0.4, 0.5) is 0 Å². The maximum Gasteiger partial charge on any atom is 0.0595 e. The minimum absolute atomic E-state index is 0.384. The molecule has 0 radical (unpaired) electrons. The molecule has 0 spiro atoms. The second-order valence-electron chi connectivity index (χ2n) is 4.70. The van der Waals surface area contributed by atoms with Crippen LogP contribution in [0.25, 0.3) is 0 Å². The van der Waals surface area contributed by atoms with Crippen molar-refractivity contribution in [1.82, 2.24) is 10.2 Å². The molecule has 94 valence electrons. The molecule has 2 rings (SSSR count). The number of hydrogen-bond donors (Lipinski definition) is 1. The summed E-state index contributed by atoms with van der Waals surface area (Å²) < 4.78 is 0. The highest BCUT2D eigenvalue weighted by atomic mass is 35.5. The first kappa shape index (κ1) is 13.2. The molecule has 0 saturated carbocycles. The van der Waals surface area contributed by atoms with E-state index in [1.165, 1.54) is 5.56 Å². The molecular weight excluding hydrogens is 255 g/mol. The quantitative estimate of drug-likeness (QED) is 0.889. The number of benzene rings is 1. The zero-order valence-corrected chi connectivity index (χ0v) is 11.7. The third kappa shape index (κ3) is 3.14. The van der Waals surface area contributed by atoms with Gasteiger partial charge >= 0.3 is 0 Å². The van der Waals surface area contributed by atoms with Crippen molar-refractivity contribution in [2.24, 2.45) is 0 Å². The van der Waals surface area contributed by atoms with E-state index < -0.39 is 0 Å². The molecule has 0 aliphatic carbocycles. The summed E-state index contributed by atoms with van der Waals surface area (Å²) in [6, 6.07) is 6.84. The van der Waals surface area contributed by atoms with Crippen LogP contribution in [-0.2, 0) is 0 Å². The van der Waals surface area contributed by atoms with Crippen LogP contribution in [0.5, 0.6) is 0 Å². The van der Waals surface area contributed by atoms with Crippen LogP contribution in [0, 0.1) is 0 Å². The lowest BCUT2D eigenvalue weighted by molar-refractivity contribution is 0.159. The van der Waals surface area contributed by atoms with Gasteiger partial charge in [0.1, 0.15) is 0 Å². The van der Waals surface area contributed by atoms with Crippen LogP contribution in [0.3, 0.4) is 0 Å². The van der Waals surface area contributed by atoms with Gasteiger partial charge in [-0.1, -0.05) is 29.3 Å². The van der Waals surface area contributed by atoms with Crippen LogP contribution in [0.1, 0.15) is 25.5 Å². The number of nitrogens with one attached hydrogen (secondary N) is 1. The molecule has 0 bridgehead atoms. The fraction of sp³-hybridized carbons (Fsp3) is 0.538. The van der Waals surface area contributed by atoms with E-state index in [-0.39, 0.29) is 0 Å². The summed E-state index contributed by atoms with van der Waals surface area (Å²) in [4.78, 5) is 2.47. The molecular formula is C13H18Cl2N2. The molecule has 0 amide bonds. The zero-order valence-electron chi connectivity index (χ0n) is 10.2. The van der Waals surface area contributed by atoms with Crippen molar-refractivity contribution in [3.05, 3.63) is 33.8 Å². The van der Waals surface area contributed by atoms with Crippen LogP contribution in [0.2, 0.25) is 10.0 Å². The first-order valence-electron chi connectivity index (χ1n) is 6.00. The minimum atomic E-state index is 0.384. The maximum atomic E-state index is 6.06. The number of rotatable bonds is 2. The van der Waals surface area contributed by atoms with Crippen molar-refractivity contribution in [2.45, 2.75) is 25.9 Å². The number of hydrogen-bond acceptors (Lipinski definition) is 2. The molecule has 1 saturated heterocycles. The number of nitrogens with zero attached hydrogens (tertiary/aromatic N) is 1. The molecule has 0 aromatic heterocycles. The van der Waals surface area contributed by atoms with E-state index in [4.69, 9.17) is 23.2 Å². The molecule has 1 aliphatic rings. The SMILES string of the molecule is CC1CN(C(C)c2ccc(Cl)c(Cl)c2)CCN1. The van der Waals surface area contributed by atoms with Gasteiger partial charge in [-0.3, -0.25) is 4.90 Å². The van der Waals surface area contributed by atoms with Crippen LogP contribution in [0.15, 0.2) is 18.2 Å². The van der Waals surface area contributed by atoms with Crippen LogP contribution < -0.4 is 5.32 Å². The van der Waals surface area contributed by atoms with E-state index in [1.54, 1.807) is 0 Å². The third-order valence-electron chi connectivity index (χ3n) is 3.37. The fourth-order valence-electron chi connectivity index (χ4n) is 2.30. The Morgan fingerprint density at radius 2 is 2.12 bits per heavy atom. The van der Waals surface area contributed by atoms with Gasteiger partial charge in [-0.05, 0) is 31.5 Å². The van der Waals surface area contributed by atoms with Gasteiger partial charge in [-0.2, -0.15) is 0 Å². The van der Waals surface area contributed by atoms with Crippen molar-refractivity contribution < 1.29 is 0 Å². The van der Waals surface area contributed by atoms with Gasteiger partial charge in [0.05, 0.1) is 10.0 Å². The molecule has 2 atom stereocenters. The van der Waals surface area contributed by atoms with Gasteiger partial charge in [-0.25, -0.2) is 0 Å². The lowest BCUT2D eigenvalue weighted by Crippen LogP contribution is -2.49. The predicted octanol–water partition coefficient (Wildman–Crippen LogP) is 3.35. The van der Waals surface area contributed by atoms with E-state index in [2.05, 4.69) is 30.1 Å². The number of piperazine rings is 1. The molecule has 1 N–H and O–H groups in total. The molecule has 1 fully saturated rings. The van der Waals surface area contributed by atoms with Crippen LogP contribution in [-0.4, -0.2) is 30.6 Å². The van der Waals surface area contributed by atoms with Gasteiger partial charge in [-0.15, -0.1) is 0 Å². The second-order valence-corrected chi connectivity index (χ2v) is 5.51. The Kier molecular flexibility index (Phi) is 4.31. The average molecular weight is 273 g/mol. The van der Waals surface area contributed by atoms with Crippen molar-refractivity contribution in [3.8, 4) is 0 Å². The second kappa shape index (κ2) is 5.57. The summed E-state index contributed by atoms with van der Waals surface area (Å²) in [6.07, 6.45) is 0. The Bertz CT molecular complexity index is 395. The summed E-state index contributed by atoms with van der Waals surface area (Å²) >= 11 is 12.0. The number of halogens is 2. The van der Waals surface area contributed by atoms with E-state index in [0.717, 1.165) is 19.6 Å². The molecule has 1 aromatic rings. The van der Waals surface area contributed by atoms with Gasteiger partial charge in [0, 0.05) is 31.7 Å². The highest BCUT2D eigenvalue weighted by molar-refractivity contribution is 6.42. The van der Waals surface area contributed by atoms with E-state index in [1.807, 2.05) is 12.1 Å². The molecule has 2 unspecified atom stereocenters.